The van der Waals surface area contributed by atoms with Gasteiger partial charge in [0.05, 0.1) is 17.9 Å². The van der Waals surface area contributed by atoms with Crippen LogP contribution < -0.4 is 5.32 Å². The molecule has 0 aromatic heterocycles. The second-order valence-corrected chi connectivity index (χ2v) is 6.09. The van der Waals surface area contributed by atoms with E-state index in [0.717, 1.165) is 13.1 Å². The average molecular weight is 288 g/mol. The third-order valence-corrected chi connectivity index (χ3v) is 4.88. The molecular weight excluding hydrogens is 268 g/mol. The lowest BCUT2D eigenvalue weighted by Gasteiger charge is -2.39. The summed E-state index contributed by atoms with van der Waals surface area (Å²) >= 11 is 1.50. The maximum Gasteiger partial charge on any atom is 0.327 e. The molecule has 0 bridgehead atoms. The number of piperidine rings is 1. The number of hydrogen-bond donors (Lipinski definition) is 2. The molecule has 2 heterocycles. The van der Waals surface area contributed by atoms with Gasteiger partial charge in [-0.2, -0.15) is 0 Å². The van der Waals surface area contributed by atoms with E-state index in [4.69, 9.17) is 4.74 Å². The van der Waals surface area contributed by atoms with Gasteiger partial charge < -0.3 is 20.1 Å². The molecule has 0 spiro atoms. The number of methoxy groups -OCH3 is 1. The molecule has 0 aromatic carbocycles. The van der Waals surface area contributed by atoms with Crippen molar-refractivity contribution in [3.8, 4) is 0 Å². The number of carbonyl (C=O) groups is 2. The first kappa shape index (κ1) is 14.6. The quantitative estimate of drug-likeness (QED) is 0.757. The molecule has 7 heteroatoms. The molecule has 0 aromatic rings. The summed E-state index contributed by atoms with van der Waals surface area (Å²) in [5, 5.41) is 12.4. The van der Waals surface area contributed by atoms with Crippen LogP contribution in [0.15, 0.2) is 0 Å². The van der Waals surface area contributed by atoms with E-state index in [1.165, 1.54) is 16.7 Å². The summed E-state index contributed by atoms with van der Waals surface area (Å²) in [4.78, 5) is 25.5. The number of aliphatic carboxylic acids is 1. The first-order valence-corrected chi connectivity index (χ1v) is 7.57. The predicted molar refractivity (Wildman–Crippen MR) is 72.0 cm³/mol. The highest BCUT2D eigenvalue weighted by atomic mass is 32.2. The first-order valence-electron chi connectivity index (χ1n) is 6.42. The Morgan fingerprint density at radius 1 is 1.47 bits per heavy atom. The fourth-order valence-electron chi connectivity index (χ4n) is 2.75. The Bertz CT molecular complexity index is 352. The van der Waals surface area contributed by atoms with Crippen LogP contribution in [-0.4, -0.2) is 66.4 Å². The van der Waals surface area contributed by atoms with Gasteiger partial charge in [-0.25, -0.2) is 4.79 Å². The van der Waals surface area contributed by atoms with Gasteiger partial charge in [-0.05, 0) is 25.9 Å². The fourth-order valence-corrected chi connectivity index (χ4v) is 3.90. The average Bonchev–Trinajstić information content (AvgIpc) is 2.88. The minimum Gasteiger partial charge on any atom is -0.480 e. The summed E-state index contributed by atoms with van der Waals surface area (Å²) in [6.45, 7) is 1.91. The number of carboxylic acid groups (broad SMARTS) is 1. The molecule has 0 unspecified atom stereocenters. The second-order valence-electron chi connectivity index (χ2n) is 5.09. The van der Waals surface area contributed by atoms with Crippen LogP contribution in [0.1, 0.15) is 12.8 Å². The van der Waals surface area contributed by atoms with E-state index in [0.29, 0.717) is 31.1 Å². The van der Waals surface area contributed by atoms with Gasteiger partial charge in [-0.15, -0.1) is 11.8 Å². The summed E-state index contributed by atoms with van der Waals surface area (Å²) in [6, 6.07) is -0.693. The van der Waals surface area contributed by atoms with Crippen molar-refractivity contribution in [1.82, 2.24) is 10.2 Å². The number of carboxylic acids is 1. The Morgan fingerprint density at radius 3 is 2.74 bits per heavy atom. The van der Waals surface area contributed by atoms with Gasteiger partial charge in [0, 0.05) is 12.9 Å². The summed E-state index contributed by atoms with van der Waals surface area (Å²) in [6.07, 6.45) is 1.40. The molecule has 2 saturated heterocycles. The van der Waals surface area contributed by atoms with Crippen molar-refractivity contribution in [2.75, 3.05) is 38.4 Å². The van der Waals surface area contributed by atoms with Crippen molar-refractivity contribution in [2.45, 2.75) is 18.9 Å². The second kappa shape index (κ2) is 6.11. The van der Waals surface area contributed by atoms with Crippen LogP contribution >= 0.6 is 11.8 Å². The van der Waals surface area contributed by atoms with E-state index in [2.05, 4.69) is 5.32 Å². The molecular formula is C12H20N2O4S. The molecule has 0 aliphatic carbocycles. The van der Waals surface area contributed by atoms with Crippen LogP contribution in [0.5, 0.6) is 0 Å². The van der Waals surface area contributed by atoms with Crippen LogP contribution in [0.4, 0.5) is 0 Å². The molecule has 0 saturated carbocycles. The molecule has 1 atom stereocenters. The number of nitrogens with one attached hydrogen (secondary N) is 1. The lowest BCUT2D eigenvalue weighted by atomic mass is 9.78. The zero-order chi connectivity index (χ0) is 13.9. The van der Waals surface area contributed by atoms with E-state index < -0.39 is 17.4 Å². The maximum absolute atomic E-state index is 12.8. The van der Waals surface area contributed by atoms with E-state index in [1.54, 1.807) is 7.11 Å². The molecule has 2 N–H and O–H groups in total. The highest BCUT2D eigenvalue weighted by Crippen LogP contribution is 2.35. The van der Waals surface area contributed by atoms with Gasteiger partial charge in [0.1, 0.15) is 6.04 Å². The number of amides is 1. The standard InChI is InChI=1S/C12H20N2O4S/c1-18-7-12(2-4-13-5-3-12)11(17)14-8-19-6-9(14)10(15)16/h9,13H,2-8H2,1H3,(H,15,16)/t9-/m0/s1. The summed E-state index contributed by atoms with van der Waals surface area (Å²) in [5.74, 6) is -0.0371. The zero-order valence-corrected chi connectivity index (χ0v) is 11.9. The molecule has 2 aliphatic rings. The SMILES string of the molecule is COCC1(C(=O)N2CSC[C@H]2C(=O)O)CCNCC1. The van der Waals surface area contributed by atoms with E-state index in [1.807, 2.05) is 0 Å². The van der Waals surface area contributed by atoms with E-state index in [-0.39, 0.29) is 5.91 Å². The third kappa shape index (κ3) is 2.88. The molecule has 6 nitrogen and oxygen atoms in total. The molecule has 2 fully saturated rings. The van der Waals surface area contributed by atoms with Crippen LogP contribution in [-0.2, 0) is 14.3 Å². The van der Waals surface area contributed by atoms with Crippen molar-refractivity contribution < 1.29 is 19.4 Å². The maximum atomic E-state index is 12.8. The Balaban J connectivity index is 2.16. The van der Waals surface area contributed by atoms with Crippen LogP contribution in [0, 0.1) is 5.41 Å². The van der Waals surface area contributed by atoms with Gasteiger partial charge in [-0.1, -0.05) is 0 Å². The number of ether oxygens (including phenoxy) is 1. The molecule has 1 amide bonds. The highest BCUT2D eigenvalue weighted by molar-refractivity contribution is 7.99. The first-order chi connectivity index (χ1) is 9.10. The number of thioether (sulfide) groups is 1. The van der Waals surface area contributed by atoms with Gasteiger partial charge in [0.2, 0.25) is 5.91 Å². The van der Waals surface area contributed by atoms with Crippen molar-refractivity contribution in [2.24, 2.45) is 5.41 Å². The van der Waals surface area contributed by atoms with Crippen molar-refractivity contribution in [3.63, 3.8) is 0 Å². The minimum absolute atomic E-state index is 0.0618. The van der Waals surface area contributed by atoms with Gasteiger partial charge in [0.25, 0.3) is 0 Å². The van der Waals surface area contributed by atoms with Gasteiger partial charge in [0.15, 0.2) is 0 Å². The predicted octanol–water partition coefficient (Wildman–Crippen LogP) is -0.0113. The van der Waals surface area contributed by atoms with Crippen molar-refractivity contribution in [1.29, 1.82) is 0 Å². The zero-order valence-electron chi connectivity index (χ0n) is 11.1. The lowest BCUT2D eigenvalue weighted by molar-refractivity contribution is -0.156. The third-order valence-electron chi connectivity index (χ3n) is 3.86. The fraction of sp³-hybridized carbons (Fsp3) is 0.833. The van der Waals surface area contributed by atoms with Gasteiger partial charge >= 0.3 is 5.97 Å². The van der Waals surface area contributed by atoms with Gasteiger partial charge in [-0.3, -0.25) is 4.79 Å². The van der Waals surface area contributed by atoms with E-state index >= 15 is 0 Å². The topological polar surface area (TPSA) is 78.9 Å². The number of rotatable bonds is 4. The number of carbonyl (C=O) groups excluding carboxylic acids is 1. The monoisotopic (exact) mass is 288 g/mol. The minimum atomic E-state index is -0.917. The molecule has 2 aliphatic heterocycles. The Hall–Kier alpha value is -0.790. The summed E-state index contributed by atoms with van der Waals surface area (Å²) < 4.78 is 5.23. The van der Waals surface area contributed by atoms with Crippen molar-refractivity contribution >= 4 is 23.6 Å². The Morgan fingerprint density at radius 2 is 2.16 bits per heavy atom. The molecule has 2 rings (SSSR count). The van der Waals surface area contributed by atoms with Crippen LogP contribution in [0.25, 0.3) is 0 Å². The molecule has 108 valence electrons. The lowest BCUT2D eigenvalue weighted by Crippen LogP contribution is -2.54. The number of hydrogen-bond acceptors (Lipinski definition) is 5. The highest BCUT2D eigenvalue weighted by Gasteiger charge is 2.46. The van der Waals surface area contributed by atoms with E-state index in [9.17, 15) is 14.7 Å². The number of nitrogens with zero attached hydrogens (tertiary/aromatic N) is 1. The summed E-state index contributed by atoms with van der Waals surface area (Å²) in [7, 11) is 1.59. The van der Waals surface area contributed by atoms with Crippen LogP contribution in [0.3, 0.4) is 0 Å². The smallest absolute Gasteiger partial charge is 0.327 e. The Kier molecular flexibility index (Phi) is 4.70. The molecule has 19 heavy (non-hydrogen) atoms. The normalized spacial score (nSPS) is 26.4. The summed E-state index contributed by atoms with van der Waals surface area (Å²) in [5.41, 5.74) is -0.557. The Labute approximate surface area is 116 Å². The van der Waals surface area contributed by atoms with Crippen molar-refractivity contribution in [3.05, 3.63) is 0 Å². The molecule has 0 radical (unpaired) electrons. The largest absolute Gasteiger partial charge is 0.480 e. The van der Waals surface area contributed by atoms with Crippen LogP contribution in [0.2, 0.25) is 0 Å².